The van der Waals surface area contributed by atoms with E-state index in [1.165, 1.54) is 0 Å². The quantitative estimate of drug-likeness (QED) is 0.265. The summed E-state index contributed by atoms with van der Waals surface area (Å²) in [6, 6.07) is 0.0405. The lowest BCUT2D eigenvalue weighted by molar-refractivity contribution is 0.237. The molecule has 0 amide bonds. The molecule has 1 aliphatic heterocycles. The van der Waals surface area contributed by atoms with E-state index in [0.29, 0.717) is 11.8 Å². The normalized spacial score (nSPS) is 25.7. The molecule has 0 radical (unpaired) electrons. The second-order valence-electron chi connectivity index (χ2n) is 4.11. The maximum absolute atomic E-state index is 8.86. The molecule has 1 heterocycles. The molecule has 15 heavy (non-hydrogen) atoms. The molecule has 0 aromatic carbocycles. The molecule has 0 bridgehead atoms. The van der Waals surface area contributed by atoms with Gasteiger partial charge in [0.05, 0.1) is 6.04 Å². The molecule has 0 aliphatic carbocycles. The van der Waals surface area contributed by atoms with Crippen molar-refractivity contribution in [1.82, 2.24) is 4.90 Å². The Bertz CT molecular complexity index is 221. The first kappa shape index (κ1) is 12.3. The minimum absolute atomic E-state index is 0.0405. The summed E-state index contributed by atoms with van der Waals surface area (Å²) >= 11 is 0. The van der Waals surface area contributed by atoms with Crippen molar-refractivity contribution in [2.45, 2.75) is 32.2 Å². The van der Waals surface area contributed by atoms with Gasteiger partial charge in [0, 0.05) is 13.2 Å². The fourth-order valence-corrected chi connectivity index (χ4v) is 2.28. The van der Waals surface area contributed by atoms with Crippen molar-refractivity contribution >= 4 is 5.84 Å². The highest BCUT2D eigenvalue weighted by Gasteiger charge is 2.29. The second kappa shape index (κ2) is 5.92. The molecule has 1 rings (SSSR count). The first-order valence-corrected chi connectivity index (χ1v) is 5.55. The van der Waals surface area contributed by atoms with E-state index >= 15 is 0 Å². The van der Waals surface area contributed by atoms with Gasteiger partial charge in [0.2, 0.25) is 0 Å². The van der Waals surface area contributed by atoms with Crippen molar-refractivity contribution in [2.24, 2.45) is 16.8 Å². The lowest BCUT2D eigenvalue weighted by Crippen LogP contribution is -2.43. The van der Waals surface area contributed by atoms with Gasteiger partial charge in [-0.3, -0.25) is 4.90 Å². The Kier molecular flexibility index (Phi) is 4.84. The standard InChI is InChI=1S/C10H21N3O2/c1-2-9(10(11)12-15)13-5-3-8(7-13)4-6-14/h8-9,14-15H,2-7H2,1H3,(H2,11,12). The highest BCUT2D eigenvalue weighted by molar-refractivity contribution is 5.85. The second-order valence-corrected chi connectivity index (χ2v) is 4.11. The molecule has 4 N–H and O–H groups in total. The first-order valence-electron chi connectivity index (χ1n) is 5.55. The van der Waals surface area contributed by atoms with Crippen LogP contribution in [0.4, 0.5) is 0 Å². The summed E-state index contributed by atoms with van der Waals surface area (Å²) in [5.41, 5.74) is 5.64. The molecule has 0 spiro atoms. The van der Waals surface area contributed by atoms with Crippen molar-refractivity contribution in [3.63, 3.8) is 0 Å². The Labute approximate surface area is 90.6 Å². The van der Waals surface area contributed by atoms with Gasteiger partial charge in [-0.15, -0.1) is 0 Å². The van der Waals surface area contributed by atoms with Gasteiger partial charge < -0.3 is 16.0 Å². The zero-order chi connectivity index (χ0) is 11.3. The Morgan fingerprint density at radius 3 is 2.93 bits per heavy atom. The number of rotatable bonds is 5. The SMILES string of the molecule is CCC(C(N)=NO)N1CCC(CCO)C1. The van der Waals surface area contributed by atoms with Crippen LogP contribution in [0.1, 0.15) is 26.2 Å². The summed E-state index contributed by atoms with van der Waals surface area (Å²) in [4.78, 5) is 2.23. The molecular formula is C10H21N3O2. The van der Waals surface area contributed by atoms with Crippen LogP contribution in [0.5, 0.6) is 0 Å². The Hall–Kier alpha value is -0.810. The molecule has 0 saturated carbocycles. The van der Waals surface area contributed by atoms with Gasteiger partial charge in [0.1, 0.15) is 0 Å². The number of hydrogen-bond donors (Lipinski definition) is 3. The van der Waals surface area contributed by atoms with E-state index < -0.39 is 0 Å². The summed E-state index contributed by atoms with van der Waals surface area (Å²) in [6.45, 7) is 4.19. The monoisotopic (exact) mass is 215 g/mol. The number of hydrogen-bond acceptors (Lipinski definition) is 4. The first-order chi connectivity index (χ1) is 7.22. The van der Waals surface area contributed by atoms with Gasteiger partial charge in [0.25, 0.3) is 0 Å². The third-order valence-electron chi connectivity index (χ3n) is 3.14. The molecule has 0 aromatic heterocycles. The maximum Gasteiger partial charge on any atom is 0.156 e. The average molecular weight is 215 g/mol. The number of amidine groups is 1. The van der Waals surface area contributed by atoms with Gasteiger partial charge in [-0.05, 0) is 31.7 Å². The van der Waals surface area contributed by atoms with E-state index in [1.807, 2.05) is 6.92 Å². The predicted molar refractivity (Wildman–Crippen MR) is 58.9 cm³/mol. The highest BCUT2D eigenvalue weighted by atomic mass is 16.4. The van der Waals surface area contributed by atoms with Gasteiger partial charge in [-0.2, -0.15) is 0 Å². The van der Waals surface area contributed by atoms with Crippen molar-refractivity contribution in [1.29, 1.82) is 0 Å². The zero-order valence-corrected chi connectivity index (χ0v) is 9.26. The highest BCUT2D eigenvalue weighted by Crippen LogP contribution is 2.22. The van der Waals surface area contributed by atoms with E-state index in [1.54, 1.807) is 0 Å². The maximum atomic E-state index is 8.86. The van der Waals surface area contributed by atoms with E-state index in [2.05, 4.69) is 10.1 Å². The minimum Gasteiger partial charge on any atom is -0.409 e. The molecule has 5 nitrogen and oxygen atoms in total. The summed E-state index contributed by atoms with van der Waals surface area (Å²) in [5, 5.41) is 20.6. The lowest BCUT2D eigenvalue weighted by atomic mass is 10.1. The van der Waals surface area contributed by atoms with Crippen LogP contribution in [0.2, 0.25) is 0 Å². The number of likely N-dealkylation sites (tertiary alicyclic amines) is 1. The fourth-order valence-electron chi connectivity index (χ4n) is 2.28. The molecule has 1 saturated heterocycles. The number of nitrogens with zero attached hydrogens (tertiary/aromatic N) is 2. The summed E-state index contributed by atoms with van der Waals surface area (Å²) < 4.78 is 0. The largest absolute Gasteiger partial charge is 0.409 e. The smallest absolute Gasteiger partial charge is 0.156 e. The lowest BCUT2D eigenvalue weighted by Gasteiger charge is -2.25. The average Bonchev–Trinajstić information content (AvgIpc) is 2.68. The Morgan fingerprint density at radius 1 is 1.67 bits per heavy atom. The number of aliphatic hydroxyl groups is 1. The van der Waals surface area contributed by atoms with Gasteiger partial charge >= 0.3 is 0 Å². The number of oxime groups is 1. The van der Waals surface area contributed by atoms with E-state index in [9.17, 15) is 0 Å². The van der Waals surface area contributed by atoms with Gasteiger partial charge in [-0.25, -0.2) is 0 Å². The molecule has 88 valence electrons. The van der Waals surface area contributed by atoms with E-state index in [0.717, 1.165) is 32.4 Å². The number of nitrogens with two attached hydrogens (primary N) is 1. The van der Waals surface area contributed by atoms with Crippen LogP contribution >= 0.6 is 0 Å². The molecule has 1 fully saturated rings. The third kappa shape index (κ3) is 3.07. The third-order valence-corrected chi connectivity index (χ3v) is 3.14. The molecule has 1 aliphatic rings. The fraction of sp³-hybridized carbons (Fsp3) is 0.900. The molecule has 0 aromatic rings. The Balaban J connectivity index is 2.50. The predicted octanol–water partition coefficient (Wildman–Crippen LogP) is 0.216. The summed E-state index contributed by atoms with van der Waals surface area (Å²) in [6.07, 6.45) is 2.79. The van der Waals surface area contributed by atoms with Crippen molar-refractivity contribution in [2.75, 3.05) is 19.7 Å². The van der Waals surface area contributed by atoms with Crippen LogP contribution in [-0.4, -0.2) is 46.8 Å². The topological polar surface area (TPSA) is 82.1 Å². The molecule has 2 atom stereocenters. The van der Waals surface area contributed by atoms with E-state index in [-0.39, 0.29) is 12.6 Å². The Morgan fingerprint density at radius 2 is 2.40 bits per heavy atom. The van der Waals surface area contributed by atoms with Crippen LogP contribution in [0.25, 0.3) is 0 Å². The summed E-state index contributed by atoms with van der Waals surface area (Å²) in [5.74, 6) is 0.845. The van der Waals surface area contributed by atoms with Crippen LogP contribution in [0.3, 0.4) is 0 Å². The van der Waals surface area contributed by atoms with Crippen molar-refractivity contribution < 1.29 is 10.3 Å². The van der Waals surface area contributed by atoms with Gasteiger partial charge in [0.15, 0.2) is 5.84 Å². The van der Waals surface area contributed by atoms with Crippen LogP contribution in [-0.2, 0) is 0 Å². The van der Waals surface area contributed by atoms with Gasteiger partial charge in [-0.1, -0.05) is 12.1 Å². The zero-order valence-electron chi connectivity index (χ0n) is 9.26. The number of aliphatic hydroxyl groups excluding tert-OH is 1. The minimum atomic E-state index is 0.0405. The molecular weight excluding hydrogens is 194 g/mol. The molecule has 5 heteroatoms. The van der Waals surface area contributed by atoms with Crippen LogP contribution < -0.4 is 5.73 Å². The van der Waals surface area contributed by atoms with Crippen LogP contribution in [0.15, 0.2) is 5.16 Å². The van der Waals surface area contributed by atoms with E-state index in [4.69, 9.17) is 16.0 Å². The van der Waals surface area contributed by atoms with Crippen molar-refractivity contribution in [3.05, 3.63) is 0 Å². The van der Waals surface area contributed by atoms with Crippen molar-refractivity contribution in [3.8, 4) is 0 Å². The summed E-state index contributed by atoms with van der Waals surface area (Å²) in [7, 11) is 0. The molecule has 2 unspecified atom stereocenters. The van der Waals surface area contributed by atoms with Crippen LogP contribution in [0, 0.1) is 5.92 Å².